The Morgan fingerprint density at radius 3 is 2.41 bits per heavy atom. The van der Waals surface area contributed by atoms with Gasteiger partial charge < -0.3 is 19.7 Å². The molecule has 0 saturated heterocycles. The predicted octanol–water partition coefficient (Wildman–Crippen LogP) is 5.40. The van der Waals surface area contributed by atoms with Gasteiger partial charge in [-0.1, -0.05) is 49.2 Å². The third-order valence-electron chi connectivity index (χ3n) is 5.53. The molecule has 0 aliphatic rings. The molecule has 0 saturated carbocycles. The molecule has 2 aromatic rings. The van der Waals surface area contributed by atoms with Crippen LogP contribution >= 0.6 is 11.6 Å². The maximum Gasteiger partial charge on any atom is 0.242 e. The van der Waals surface area contributed by atoms with Crippen LogP contribution in [0.15, 0.2) is 42.5 Å². The lowest BCUT2D eigenvalue weighted by Gasteiger charge is -2.29. The van der Waals surface area contributed by atoms with Crippen molar-refractivity contribution in [2.45, 2.75) is 66.0 Å². The Kier molecular flexibility index (Phi) is 11.7. The van der Waals surface area contributed by atoms with Gasteiger partial charge >= 0.3 is 0 Å². The van der Waals surface area contributed by atoms with Crippen LogP contribution in [0.3, 0.4) is 0 Å². The monoisotopic (exact) mass is 488 g/mol. The van der Waals surface area contributed by atoms with Gasteiger partial charge in [-0.25, -0.2) is 0 Å². The number of hydrogen-bond donors (Lipinski definition) is 1. The highest BCUT2D eigenvalue weighted by Gasteiger charge is 2.26. The summed E-state index contributed by atoms with van der Waals surface area (Å²) in [5.41, 5.74) is 1.78. The summed E-state index contributed by atoms with van der Waals surface area (Å²) in [6, 6.07) is 12.5. The fourth-order valence-corrected chi connectivity index (χ4v) is 3.77. The molecule has 1 N–H and O–H groups in total. The maximum absolute atomic E-state index is 13.3. The molecule has 0 spiro atoms. The Bertz CT molecular complexity index is 935. The van der Waals surface area contributed by atoms with Crippen molar-refractivity contribution in [2.24, 2.45) is 0 Å². The zero-order valence-corrected chi connectivity index (χ0v) is 21.5. The lowest BCUT2D eigenvalue weighted by atomic mass is 10.1. The van der Waals surface area contributed by atoms with Gasteiger partial charge in [0.25, 0.3) is 0 Å². The average molecular weight is 489 g/mol. The van der Waals surface area contributed by atoms with Crippen LogP contribution in [0.2, 0.25) is 5.02 Å². The topological polar surface area (TPSA) is 67.9 Å². The van der Waals surface area contributed by atoms with Gasteiger partial charge in [0.2, 0.25) is 11.8 Å². The van der Waals surface area contributed by atoms with Crippen molar-refractivity contribution >= 4 is 23.4 Å². The molecule has 186 valence electrons. The van der Waals surface area contributed by atoms with Crippen molar-refractivity contribution in [3.8, 4) is 11.5 Å². The average Bonchev–Trinajstić information content (AvgIpc) is 2.83. The molecule has 0 aromatic heterocycles. The summed E-state index contributed by atoms with van der Waals surface area (Å²) < 4.78 is 11.3. The number of carbonyl (C=O) groups excluding carboxylic acids is 2. The molecule has 1 atom stereocenters. The lowest BCUT2D eigenvalue weighted by Crippen LogP contribution is -2.47. The molecule has 0 bridgehead atoms. The third-order valence-corrected chi connectivity index (χ3v) is 5.90. The number of rotatable bonds is 14. The van der Waals surface area contributed by atoms with E-state index in [4.69, 9.17) is 21.1 Å². The molecule has 0 heterocycles. The van der Waals surface area contributed by atoms with Crippen LogP contribution < -0.4 is 14.8 Å². The quantitative estimate of drug-likeness (QED) is 0.361. The van der Waals surface area contributed by atoms with Gasteiger partial charge in [-0.2, -0.15) is 0 Å². The number of aryl methyl sites for hydroxylation is 1. The van der Waals surface area contributed by atoms with Crippen LogP contribution in [0.25, 0.3) is 0 Å². The van der Waals surface area contributed by atoms with Crippen molar-refractivity contribution in [1.29, 1.82) is 0 Å². The SMILES string of the molecule is CCCCNC(=O)[C@H](C)N(Cc1ccccc1Cl)C(=O)CCc1ccc(OCC)c(OCC)c1. The number of benzene rings is 2. The number of carbonyl (C=O) groups is 2. The van der Waals surface area contributed by atoms with Gasteiger partial charge in [0.1, 0.15) is 6.04 Å². The summed E-state index contributed by atoms with van der Waals surface area (Å²) >= 11 is 6.36. The van der Waals surface area contributed by atoms with Gasteiger partial charge in [0, 0.05) is 24.5 Å². The minimum atomic E-state index is -0.611. The summed E-state index contributed by atoms with van der Waals surface area (Å²) in [4.78, 5) is 27.7. The van der Waals surface area contributed by atoms with Crippen molar-refractivity contribution < 1.29 is 19.1 Å². The Morgan fingerprint density at radius 2 is 1.74 bits per heavy atom. The fourth-order valence-electron chi connectivity index (χ4n) is 3.57. The standard InChI is InChI=1S/C27H37ClN2O4/c1-5-8-17-29-27(32)20(4)30(19-22-11-9-10-12-23(22)28)26(31)16-14-21-13-15-24(33-6-2)25(18-21)34-7-3/h9-13,15,18,20H,5-8,14,16-17,19H2,1-4H3,(H,29,32)/t20-/m0/s1. The van der Waals surface area contributed by atoms with E-state index in [1.54, 1.807) is 17.9 Å². The molecule has 2 rings (SSSR count). The zero-order chi connectivity index (χ0) is 24.9. The molecule has 34 heavy (non-hydrogen) atoms. The molecule has 0 aliphatic heterocycles. The fraction of sp³-hybridized carbons (Fsp3) is 0.481. The summed E-state index contributed by atoms with van der Waals surface area (Å²) in [5, 5.41) is 3.51. The van der Waals surface area contributed by atoms with Gasteiger partial charge in [-0.05, 0) is 62.9 Å². The third kappa shape index (κ3) is 8.24. The van der Waals surface area contributed by atoms with E-state index in [9.17, 15) is 9.59 Å². The summed E-state index contributed by atoms with van der Waals surface area (Å²) in [7, 11) is 0. The molecular weight excluding hydrogens is 452 g/mol. The number of hydrogen-bond acceptors (Lipinski definition) is 4. The van der Waals surface area contributed by atoms with E-state index in [-0.39, 0.29) is 24.8 Å². The first kappa shape index (κ1) is 27.5. The first-order chi connectivity index (χ1) is 16.4. The first-order valence-corrected chi connectivity index (χ1v) is 12.5. The van der Waals surface area contributed by atoms with Gasteiger partial charge in [-0.15, -0.1) is 0 Å². The molecule has 0 aliphatic carbocycles. The molecule has 6 nitrogen and oxygen atoms in total. The Morgan fingerprint density at radius 1 is 1.03 bits per heavy atom. The molecule has 2 amide bonds. The first-order valence-electron chi connectivity index (χ1n) is 12.1. The second kappa shape index (κ2) is 14.5. The highest BCUT2D eigenvalue weighted by Crippen LogP contribution is 2.29. The van der Waals surface area contributed by atoms with Gasteiger partial charge in [-0.3, -0.25) is 9.59 Å². The highest BCUT2D eigenvalue weighted by atomic mass is 35.5. The predicted molar refractivity (Wildman–Crippen MR) is 136 cm³/mol. The smallest absolute Gasteiger partial charge is 0.242 e. The Hall–Kier alpha value is -2.73. The van der Waals surface area contributed by atoms with E-state index in [2.05, 4.69) is 12.2 Å². The lowest BCUT2D eigenvalue weighted by molar-refractivity contribution is -0.140. The minimum absolute atomic E-state index is 0.107. The van der Waals surface area contributed by atoms with Crippen molar-refractivity contribution in [3.05, 3.63) is 58.6 Å². The number of halogens is 1. The van der Waals surface area contributed by atoms with E-state index >= 15 is 0 Å². The summed E-state index contributed by atoms with van der Waals surface area (Å²) in [6.45, 7) is 9.63. The summed E-state index contributed by atoms with van der Waals surface area (Å²) in [6.07, 6.45) is 2.67. The second-order valence-electron chi connectivity index (χ2n) is 8.08. The number of amides is 2. The highest BCUT2D eigenvalue weighted by molar-refractivity contribution is 6.31. The van der Waals surface area contributed by atoms with Crippen molar-refractivity contribution in [3.63, 3.8) is 0 Å². The number of ether oxygens (including phenoxy) is 2. The number of nitrogens with zero attached hydrogens (tertiary/aromatic N) is 1. The van der Waals surface area contributed by atoms with E-state index < -0.39 is 6.04 Å². The van der Waals surface area contributed by atoms with E-state index in [0.717, 1.165) is 24.0 Å². The summed E-state index contributed by atoms with van der Waals surface area (Å²) in [5.74, 6) is 1.10. The van der Waals surface area contributed by atoms with Crippen LogP contribution in [-0.2, 0) is 22.6 Å². The molecule has 0 fully saturated rings. The molecule has 2 aromatic carbocycles. The van der Waals surface area contributed by atoms with E-state index in [1.807, 2.05) is 50.2 Å². The van der Waals surface area contributed by atoms with Crippen LogP contribution in [0.1, 0.15) is 58.1 Å². The van der Waals surface area contributed by atoms with Crippen LogP contribution in [-0.4, -0.2) is 42.5 Å². The van der Waals surface area contributed by atoms with Gasteiger partial charge in [0.15, 0.2) is 11.5 Å². The number of unbranched alkanes of at least 4 members (excludes halogenated alkanes) is 1. The minimum Gasteiger partial charge on any atom is -0.490 e. The maximum atomic E-state index is 13.3. The Labute approximate surface area is 208 Å². The molecule has 0 radical (unpaired) electrons. The van der Waals surface area contributed by atoms with Crippen LogP contribution in [0, 0.1) is 0 Å². The van der Waals surface area contributed by atoms with E-state index in [0.29, 0.717) is 42.7 Å². The number of nitrogens with one attached hydrogen (secondary N) is 1. The zero-order valence-electron chi connectivity index (χ0n) is 20.7. The molecule has 7 heteroatoms. The van der Waals surface area contributed by atoms with Crippen LogP contribution in [0.5, 0.6) is 11.5 Å². The largest absolute Gasteiger partial charge is 0.490 e. The van der Waals surface area contributed by atoms with Crippen molar-refractivity contribution in [2.75, 3.05) is 19.8 Å². The van der Waals surface area contributed by atoms with Crippen molar-refractivity contribution in [1.82, 2.24) is 10.2 Å². The normalized spacial score (nSPS) is 11.6. The Balaban J connectivity index is 2.16. The van der Waals surface area contributed by atoms with E-state index in [1.165, 1.54) is 0 Å². The molecule has 0 unspecified atom stereocenters. The van der Waals surface area contributed by atoms with Crippen LogP contribution in [0.4, 0.5) is 0 Å². The second-order valence-corrected chi connectivity index (χ2v) is 8.49. The van der Waals surface area contributed by atoms with Gasteiger partial charge in [0.05, 0.1) is 13.2 Å². The molecular formula is C27H37ClN2O4.